The lowest BCUT2D eigenvalue weighted by Gasteiger charge is -2.27. The summed E-state index contributed by atoms with van der Waals surface area (Å²) in [6.45, 7) is 11.4. The van der Waals surface area contributed by atoms with E-state index < -0.39 is 11.4 Å². The summed E-state index contributed by atoms with van der Waals surface area (Å²) >= 11 is 0. The van der Waals surface area contributed by atoms with Crippen LogP contribution in [0, 0.1) is 5.41 Å². The summed E-state index contributed by atoms with van der Waals surface area (Å²) < 4.78 is 0. The van der Waals surface area contributed by atoms with Gasteiger partial charge in [-0.1, -0.05) is 27.7 Å². The lowest BCUT2D eigenvalue weighted by Crippen LogP contribution is -2.47. The van der Waals surface area contributed by atoms with E-state index >= 15 is 0 Å². The number of urea groups is 1. The summed E-state index contributed by atoms with van der Waals surface area (Å²) in [5, 5.41) is 14.8. The maximum Gasteiger partial charge on any atom is 0.314 e. The molecular formula is C15H31N3O3. The van der Waals surface area contributed by atoms with Gasteiger partial charge in [-0.05, 0) is 32.4 Å². The molecule has 0 unspecified atom stereocenters. The molecule has 0 spiro atoms. The molecule has 0 fully saturated rings. The van der Waals surface area contributed by atoms with Crippen LogP contribution in [0.25, 0.3) is 0 Å². The number of nitrogens with one attached hydrogen (secondary N) is 2. The second-order valence-electron chi connectivity index (χ2n) is 5.34. The highest BCUT2D eigenvalue weighted by molar-refractivity contribution is 5.78. The molecule has 124 valence electrons. The Hall–Kier alpha value is -1.30. The molecule has 6 heteroatoms. The Labute approximate surface area is 128 Å². The number of carbonyl (C=O) groups excluding carboxylic acids is 1. The monoisotopic (exact) mass is 301 g/mol. The lowest BCUT2D eigenvalue weighted by atomic mass is 9.82. The van der Waals surface area contributed by atoms with Crippen molar-refractivity contribution in [3.05, 3.63) is 0 Å². The molecule has 3 N–H and O–H groups in total. The number of nitrogens with zero attached hydrogens (tertiary/aromatic N) is 1. The zero-order valence-corrected chi connectivity index (χ0v) is 13.9. The summed E-state index contributed by atoms with van der Waals surface area (Å²) in [4.78, 5) is 25.3. The van der Waals surface area contributed by atoms with Crippen molar-refractivity contribution in [3.63, 3.8) is 0 Å². The second-order valence-corrected chi connectivity index (χ2v) is 5.34. The van der Waals surface area contributed by atoms with Crippen molar-refractivity contribution in [1.29, 1.82) is 0 Å². The molecule has 0 aromatic carbocycles. The third-order valence-corrected chi connectivity index (χ3v) is 4.10. The van der Waals surface area contributed by atoms with E-state index in [4.69, 9.17) is 0 Å². The fourth-order valence-corrected chi connectivity index (χ4v) is 2.26. The fourth-order valence-electron chi connectivity index (χ4n) is 2.26. The Morgan fingerprint density at radius 1 is 1.05 bits per heavy atom. The first-order chi connectivity index (χ1) is 9.95. The van der Waals surface area contributed by atoms with Gasteiger partial charge in [-0.25, -0.2) is 4.79 Å². The lowest BCUT2D eigenvalue weighted by molar-refractivity contribution is -0.149. The van der Waals surface area contributed by atoms with Gasteiger partial charge in [0, 0.05) is 19.6 Å². The van der Waals surface area contributed by atoms with Crippen molar-refractivity contribution < 1.29 is 14.7 Å². The molecule has 0 saturated heterocycles. The van der Waals surface area contributed by atoms with Crippen LogP contribution in [0.3, 0.4) is 0 Å². The number of carboxylic acids is 1. The minimum Gasteiger partial charge on any atom is -0.481 e. The summed E-state index contributed by atoms with van der Waals surface area (Å²) in [7, 11) is 0. The minimum atomic E-state index is -0.866. The number of likely N-dealkylation sites (N-methyl/N-ethyl adjacent to an activating group) is 1. The summed E-state index contributed by atoms with van der Waals surface area (Å²) in [5.41, 5.74) is -0.866. The zero-order valence-electron chi connectivity index (χ0n) is 13.9. The van der Waals surface area contributed by atoms with Gasteiger partial charge in [0.25, 0.3) is 0 Å². The van der Waals surface area contributed by atoms with Gasteiger partial charge in [-0.2, -0.15) is 0 Å². The van der Waals surface area contributed by atoms with Gasteiger partial charge in [-0.3, -0.25) is 4.79 Å². The van der Waals surface area contributed by atoms with Crippen molar-refractivity contribution >= 4 is 12.0 Å². The maximum atomic E-state index is 11.7. The Morgan fingerprint density at radius 3 is 2.10 bits per heavy atom. The first kappa shape index (κ1) is 19.7. The number of aliphatic carboxylic acids is 1. The van der Waals surface area contributed by atoms with E-state index in [0.29, 0.717) is 19.4 Å². The highest BCUT2D eigenvalue weighted by Crippen LogP contribution is 2.25. The SMILES string of the molecule is CCCN(CC)CCNC(=O)NCC(CC)(CC)C(=O)O. The van der Waals surface area contributed by atoms with Crippen LogP contribution in [-0.4, -0.2) is 54.7 Å². The van der Waals surface area contributed by atoms with Crippen molar-refractivity contribution in [1.82, 2.24) is 15.5 Å². The molecule has 2 amide bonds. The molecule has 0 aliphatic heterocycles. The first-order valence-corrected chi connectivity index (χ1v) is 7.93. The van der Waals surface area contributed by atoms with E-state index in [9.17, 15) is 14.7 Å². The van der Waals surface area contributed by atoms with Gasteiger partial charge in [-0.15, -0.1) is 0 Å². The molecule has 0 aromatic rings. The zero-order chi connectivity index (χ0) is 16.3. The van der Waals surface area contributed by atoms with Gasteiger partial charge in [0.05, 0.1) is 5.41 Å². The summed E-state index contributed by atoms with van der Waals surface area (Å²) in [6, 6.07) is -0.296. The van der Waals surface area contributed by atoms with Gasteiger partial charge in [0.2, 0.25) is 0 Å². The van der Waals surface area contributed by atoms with Gasteiger partial charge >= 0.3 is 12.0 Å². The Morgan fingerprint density at radius 2 is 1.67 bits per heavy atom. The minimum absolute atomic E-state index is 0.160. The van der Waals surface area contributed by atoms with Crippen molar-refractivity contribution in [2.75, 3.05) is 32.7 Å². The van der Waals surface area contributed by atoms with Crippen LogP contribution in [0.15, 0.2) is 0 Å². The normalized spacial score (nSPS) is 11.5. The van der Waals surface area contributed by atoms with Crippen molar-refractivity contribution in [2.24, 2.45) is 5.41 Å². The van der Waals surface area contributed by atoms with Crippen molar-refractivity contribution in [2.45, 2.75) is 47.0 Å². The van der Waals surface area contributed by atoms with E-state index in [0.717, 1.165) is 26.1 Å². The highest BCUT2D eigenvalue weighted by Gasteiger charge is 2.35. The average Bonchev–Trinajstić information content (AvgIpc) is 2.47. The Kier molecular flexibility index (Phi) is 9.78. The molecule has 0 rings (SSSR count). The van der Waals surface area contributed by atoms with Gasteiger partial charge < -0.3 is 20.6 Å². The van der Waals surface area contributed by atoms with Crippen LogP contribution in [0.5, 0.6) is 0 Å². The molecular weight excluding hydrogens is 270 g/mol. The predicted octanol–water partition coefficient (Wildman–Crippen LogP) is 1.91. The largest absolute Gasteiger partial charge is 0.481 e. The van der Waals surface area contributed by atoms with E-state index in [2.05, 4.69) is 29.4 Å². The molecule has 0 heterocycles. The number of carboxylic acid groups (broad SMARTS) is 1. The van der Waals surface area contributed by atoms with Crippen LogP contribution in [-0.2, 0) is 4.79 Å². The third-order valence-electron chi connectivity index (χ3n) is 4.10. The number of rotatable bonds is 11. The number of amides is 2. The van der Waals surface area contributed by atoms with E-state index in [1.165, 1.54) is 0 Å². The molecule has 0 bridgehead atoms. The van der Waals surface area contributed by atoms with Crippen LogP contribution < -0.4 is 10.6 Å². The van der Waals surface area contributed by atoms with Crippen LogP contribution in [0.1, 0.15) is 47.0 Å². The van der Waals surface area contributed by atoms with E-state index in [-0.39, 0.29) is 12.6 Å². The molecule has 0 radical (unpaired) electrons. The standard InChI is InChI=1S/C15H31N3O3/c1-5-10-18(8-4)11-9-16-14(21)17-12-15(6-2,7-3)13(19)20/h5-12H2,1-4H3,(H,19,20)(H2,16,17,21). The molecule has 0 aromatic heterocycles. The topological polar surface area (TPSA) is 81.7 Å². The van der Waals surface area contributed by atoms with Crippen LogP contribution in [0.2, 0.25) is 0 Å². The average molecular weight is 301 g/mol. The molecule has 0 saturated carbocycles. The van der Waals surface area contributed by atoms with Crippen molar-refractivity contribution in [3.8, 4) is 0 Å². The Balaban J connectivity index is 4.12. The summed E-state index contributed by atoms with van der Waals surface area (Å²) in [5.74, 6) is -0.854. The van der Waals surface area contributed by atoms with Gasteiger partial charge in [0.1, 0.15) is 0 Å². The quantitative estimate of drug-likeness (QED) is 0.544. The van der Waals surface area contributed by atoms with Gasteiger partial charge in [0.15, 0.2) is 0 Å². The third kappa shape index (κ3) is 6.80. The maximum absolute atomic E-state index is 11.7. The predicted molar refractivity (Wildman–Crippen MR) is 84.5 cm³/mol. The molecule has 6 nitrogen and oxygen atoms in total. The molecule has 0 aliphatic carbocycles. The number of hydrogen-bond donors (Lipinski definition) is 3. The fraction of sp³-hybridized carbons (Fsp3) is 0.867. The molecule has 0 aliphatic rings. The smallest absolute Gasteiger partial charge is 0.314 e. The molecule has 21 heavy (non-hydrogen) atoms. The number of carbonyl (C=O) groups is 2. The van der Waals surface area contributed by atoms with E-state index in [1.807, 2.05) is 13.8 Å². The number of hydrogen-bond acceptors (Lipinski definition) is 3. The van der Waals surface area contributed by atoms with Crippen LogP contribution in [0.4, 0.5) is 4.79 Å². The molecule has 0 atom stereocenters. The highest BCUT2D eigenvalue weighted by atomic mass is 16.4. The Bertz CT molecular complexity index is 317. The second kappa shape index (κ2) is 10.4. The summed E-state index contributed by atoms with van der Waals surface area (Å²) in [6.07, 6.45) is 2.09. The first-order valence-electron chi connectivity index (χ1n) is 7.93. The van der Waals surface area contributed by atoms with E-state index in [1.54, 1.807) is 0 Å². The van der Waals surface area contributed by atoms with Crippen LogP contribution >= 0.6 is 0 Å².